The summed E-state index contributed by atoms with van der Waals surface area (Å²) in [5, 5.41) is 3.92. The van der Waals surface area contributed by atoms with E-state index < -0.39 is 0 Å². The molecular weight excluding hydrogens is 282 g/mol. The molecule has 0 bridgehead atoms. The number of hydrogen-bond donors (Lipinski definition) is 1. The van der Waals surface area contributed by atoms with E-state index in [0.29, 0.717) is 22.9 Å². The van der Waals surface area contributed by atoms with Crippen LogP contribution in [0.5, 0.6) is 0 Å². The number of aromatic nitrogens is 2. The average molecular weight is 304 g/mol. The molecule has 1 atom stereocenters. The minimum Gasteiger partial charge on any atom is -0.367 e. The third kappa shape index (κ3) is 4.18. The van der Waals surface area contributed by atoms with E-state index in [4.69, 9.17) is 11.6 Å². The molecule has 1 aromatic carbocycles. The van der Waals surface area contributed by atoms with Gasteiger partial charge in [0.25, 0.3) is 0 Å². The molecule has 0 aliphatic heterocycles. The molecule has 3 nitrogen and oxygen atoms in total. The van der Waals surface area contributed by atoms with Crippen LogP contribution in [0.2, 0.25) is 5.15 Å². The minimum absolute atomic E-state index is 0.356. The monoisotopic (exact) mass is 303 g/mol. The van der Waals surface area contributed by atoms with Crippen LogP contribution in [0.1, 0.15) is 33.6 Å². The van der Waals surface area contributed by atoms with Gasteiger partial charge in [-0.25, -0.2) is 9.97 Å². The molecule has 2 aromatic rings. The summed E-state index contributed by atoms with van der Waals surface area (Å²) in [7, 11) is 0. The third-order valence-corrected chi connectivity index (χ3v) is 4.05. The molecule has 1 unspecified atom stereocenters. The largest absolute Gasteiger partial charge is 0.367 e. The Kier molecular flexibility index (Phi) is 5.57. The molecule has 0 amide bonds. The highest BCUT2D eigenvalue weighted by Crippen LogP contribution is 2.22. The summed E-state index contributed by atoms with van der Waals surface area (Å²) in [6.45, 7) is 6.62. The topological polar surface area (TPSA) is 37.8 Å². The van der Waals surface area contributed by atoms with Crippen LogP contribution >= 0.6 is 11.6 Å². The quantitative estimate of drug-likeness (QED) is 0.760. The molecule has 2 rings (SSSR count). The zero-order valence-corrected chi connectivity index (χ0v) is 13.6. The van der Waals surface area contributed by atoms with E-state index in [1.807, 2.05) is 30.3 Å². The van der Waals surface area contributed by atoms with Crippen LogP contribution in [-0.4, -0.2) is 16.0 Å². The van der Waals surface area contributed by atoms with Crippen LogP contribution in [0, 0.1) is 5.92 Å². The second kappa shape index (κ2) is 7.41. The van der Waals surface area contributed by atoms with Crippen molar-refractivity contribution in [3.05, 3.63) is 41.6 Å². The average Bonchev–Trinajstić information content (AvgIpc) is 2.49. The van der Waals surface area contributed by atoms with Crippen molar-refractivity contribution in [1.29, 1.82) is 0 Å². The van der Waals surface area contributed by atoms with Crippen LogP contribution in [0.15, 0.2) is 36.4 Å². The molecule has 0 spiro atoms. The first-order chi connectivity index (χ1) is 10.1. The van der Waals surface area contributed by atoms with Gasteiger partial charge < -0.3 is 5.32 Å². The molecule has 0 radical (unpaired) electrons. The molecule has 0 saturated carbocycles. The number of nitrogens with zero attached hydrogens (tertiary/aromatic N) is 2. The lowest BCUT2D eigenvalue weighted by Gasteiger charge is -2.23. The van der Waals surface area contributed by atoms with Crippen molar-refractivity contribution in [2.75, 3.05) is 5.32 Å². The van der Waals surface area contributed by atoms with Crippen LogP contribution < -0.4 is 5.32 Å². The lowest BCUT2D eigenvalue weighted by molar-refractivity contribution is 0.437. The number of nitrogens with one attached hydrogen (secondary N) is 1. The maximum absolute atomic E-state index is 6.14. The first-order valence-electron chi connectivity index (χ1n) is 7.50. The second-order valence-corrected chi connectivity index (χ2v) is 5.66. The maximum atomic E-state index is 6.14. The molecule has 0 fully saturated rings. The Hall–Kier alpha value is -1.61. The van der Waals surface area contributed by atoms with E-state index in [9.17, 15) is 0 Å². The summed E-state index contributed by atoms with van der Waals surface area (Å²) in [5.74, 6) is 2.06. The first kappa shape index (κ1) is 15.8. The number of rotatable bonds is 6. The van der Waals surface area contributed by atoms with Gasteiger partial charge >= 0.3 is 0 Å². The van der Waals surface area contributed by atoms with Crippen molar-refractivity contribution in [3.8, 4) is 11.4 Å². The Morgan fingerprint density at radius 2 is 1.76 bits per heavy atom. The fourth-order valence-corrected chi connectivity index (χ4v) is 2.74. The molecular formula is C17H22ClN3. The smallest absolute Gasteiger partial charge is 0.163 e. The Morgan fingerprint density at radius 1 is 1.10 bits per heavy atom. The van der Waals surface area contributed by atoms with Crippen molar-refractivity contribution < 1.29 is 0 Å². The number of benzene rings is 1. The summed E-state index contributed by atoms with van der Waals surface area (Å²) in [4.78, 5) is 8.90. The van der Waals surface area contributed by atoms with Crippen molar-refractivity contribution in [3.63, 3.8) is 0 Å². The molecule has 1 heterocycles. The Balaban J connectivity index is 2.23. The molecule has 0 saturated heterocycles. The molecule has 1 N–H and O–H groups in total. The zero-order chi connectivity index (χ0) is 15.2. The molecule has 112 valence electrons. The number of anilines is 1. The van der Waals surface area contributed by atoms with Gasteiger partial charge in [0.05, 0.1) is 0 Å². The molecule has 0 aliphatic rings. The molecule has 21 heavy (non-hydrogen) atoms. The normalized spacial score (nSPS) is 12.4. The van der Waals surface area contributed by atoms with E-state index in [2.05, 4.69) is 36.1 Å². The van der Waals surface area contributed by atoms with Crippen molar-refractivity contribution in [1.82, 2.24) is 9.97 Å². The lowest BCUT2D eigenvalue weighted by Crippen LogP contribution is -2.25. The zero-order valence-electron chi connectivity index (χ0n) is 12.8. The summed E-state index contributed by atoms with van der Waals surface area (Å²) >= 11 is 6.14. The van der Waals surface area contributed by atoms with E-state index in [0.717, 1.165) is 24.2 Å². The van der Waals surface area contributed by atoms with E-state index in [-0.39, 0.29) is 0 Å². The highest BCUT2D eigenvalue weighted by atomic mass is 35.5. The number of hydrogen-bond acceptors (Lipinski definition) is 3. The van der Waals surface area contributed by atoms with E-state index >= 15 is 0 Å². The first-order valence-corrected chi connectivity index (χ1v) is 7.88. The van der Waals surface area contributed by atoms with Crippen LogP contribution in [0.25, 0.3) is 11.4 Å². The standard InChI is InChI=1S/C17H22ClN3/c1-4-13(5-2)12(3)19-16-11-15(18)20-17(21-16)14-9-7-6-8-10-14/h6-13H,4-5H2,1-3H3,(H,19,20,21). The molecule has 4 heteroatoms. The molecule has 1 aromatic heterocycles. The summed E-state index contributed by atoms with van der Waals surface area (Å²) in [5.41, 5.74) is 0.971. The van der Waals surface area contributed by atoms with Crippen molar-refractivity contribution in [2.24, 2.45) is 5.92 Å². The predicted octanol–water partition coefficient (Wildman–Crippen LogP) is 5.03. The summed E-state index contributed by atoms with van der Waals surface area (Å²) in [6.07, 6.45) is 2.30. The van der Waals surface area contributed by atoms with Crippen molar-refractivity contribution in [2.45, 2.75) is 39.7 Å². The highest BCUT2D eigenvalue weighted by Gasteiger charge is 2.14. The van der Waals surface area contributed by atoms with Gasteiger partial charge in [-0.15, -0.1) is 0 Å². The van der Waals surface area contributed by atoms with Gasteiger partial charge in [0.15, 0.2) is 5.82 Å². The SMILES string of the molecule is CCC(CC)C(C)Nc1cc(Cl)nc(-c2ccccc2)n1. The Bertz CT molecular complexity index is 568. The van der Waals surface area contributed by atoms with E-state index in [1.165, 1.54) is 0 Å². The second-order valence-electron chi connectivity index (χ2n) is 5.28. The minimum atomic E-state index is 0.356. The van der Waals surface area contributed by atoms with Gasteiger partial charge in [-0.05, 0) is 12.8 Å². The van der Waals surface area contributed by atoms with Gasteiger partial charge in [0.2, 0.25) is 0 Å². The van der Waals surface area contributed by atoms with E-state index in [1.54, 1.807) is 6.07 Å². The van der Waals surface area contributed by atoms with Gasteiger partial charge in [0.1, 0.15) is 11.0 Å². The van der Waals surface area contributed by atoms with Gasteiger partial charge in [-0.2, -0.15) is 0 Å². The van der Waals surface area contributed by atoms with Gasteiger partial charge in [-0.3, -0.25) is 0 Å². The van der Waals surface area contributed by atoms with Crippen molar-refractivity contribution >= 4 is 17.4 Å². The van der Waals surface area contributed by atoms with Crippen LogP contribution in [0.4, 0.5) is 5.82 Å². The molecule has 0 aliphatic carbocycles. The predicted molar refractivity (Wildman–Crippen MR) is 89.6 cm³/mol. The Morgan fingerprint density at radius 3 is 2.38 bits per heavy atom. The summed E-state index contributed by atoms with van der Waals surface area (Å²) in [6, 6.07) is 12.0. The highest BCUT2D eigenvalue weighted by molar-refractivity contribution is 6.29. The van der Waals surface area contributed by atoms with Crippen LogP contribution in [0.3, 0.4) is 0 Å². The lowest BCUT2D eigenvalue weighted by atomic mass is 9.95. The van der Waals surface area contributed by atoms with Crippen LogP contribution in [-0.2, 0) is 0 Å². The maximum Gasteiger partial charge on any atom is 0.163 e. The van der Waals surface area contributed by atoms with Gasteiger partial charge in [0, 0.05) is 17.7 Å². The number of halogens is 1. The third-order valence-electron chi connectivity index (χ3n) is 3.86. The van der Waals surface area contributed by atoms with Gasteiger partial charge in [-0.1, -0.05) is 68.6 Å². The fourth-order valence-electron chi connectivity index (χ4n) is 2.55. The summed E-state index contributed by atoms with van der Waals surface area (Å²) < 4.78 is 0. The fraction of sp³-hybridized carbons (Fsp3) is 0.412. The Labute approximate surface area is 131 Å².